The van der Waals surface area contributed by atoms with Crippen molar-refractivity contribution in [2.45, 2.75) is 23.1 Å². The second kappa shape index (κ2) is 13.0. The van der Waals surface area contributed by atoms with Gasteiger partial charge < -0.3 is 32.7 Å². The summed E-state index contributed by atoms with van der Waals surface area (Å²) in [5.41, 5.74) is 10.6. The maximum absolute atomic E-state index is 13.4. The number of hydrogen-bond acceptors (Lipinski definition) is 12. The lowest BCUT2D eigenvalue weighted by Gasteiger charge is -2.23. The molecule has 0 atom stereocenters. The van der Waals surface area contributed by atoms with Gasteiger partial charge in [0.25, 0.3) is 20.2 Å². The number of ketones is 2. The molecule has 3 rings (SSSR count). The van der Waals surface area contributed by atoms with Crippen LogP contribution in [0.3, 0.4) is 0 Å². The fourth-order valence-electron chi connectivity index (χ4n) is 3.93. The normalized spacial score (nSPS) is 14.4. The molecule has 0 aliphatic heterocycles. The van der Waals surface area contributed by atoms with Crippen molar-refractivity contribution in [1.29, 1.82) is 0 Å². The number of benzene rings is 2. The van der Waals surface area contributed by atoms with Gasteiger partial charge in [-0.3, -0.25) is 18.7 Å². The molecule has 10 N–H and O–H groups in total. The van der Waals surface area contributed by atoms with Crippen molar-refractivity contribution in [3.8, 4) is 0 Å². The monoisotopic (exact) mass is 628 g/mol. The molecule has 1 aliphatic rings. The Hall–Kier alpha value is -3.51. The molecule has 0 amide bonds. The van der Waals surface area contributed by atoms with Gasteiger partial charge in [0, 0.05) is 43.1 Å². The smallest absolute Gasteiger partial charge is 0.296 e. The Bertz CT molecular complexity index is 1660. The van der Waals surface area contributed by atoms with Crippen molar-refractivity contribution in [1.82, 2.24) is 0 Å². The van der Waals surface area contributed by atoms with Gasteiger partial charge in [-0.25, -0.2) is 0 Å². The number of nitrogens with one attached hydrogen (secondary N) is 4. The maximum Gasteiger partial charge on any atom is 0.296 e. The molecule has 0 saturated carbocycles. The van der Waals surface area contributed by atoms with Crippen LogP contribution >= 0.6 is 11.6 Å². The number of hydrogen-bond donors (Lipinski definition) is 8. The summed E-state index contributed by atoms with van der Waals surface area (Å²) in [7, 11) is -9.36. The minimum atomic E-state index is -4.68. The molecule has 41 heavy (non-hydrogen) atoms. The third-order valence-corrected chi connectivity index (χ3v) is 7.93. The van der Waals surface area contributed by atoms with Crippen LogP contribution in [0.5, 0.6) is 0 Å². The Morgan fingerprint density at radius 3 is 1.59 bits per heavy atom. The summed E-state index contributed by atoms with van der Waals surface area (Å²) in [6.45, 7) is 2.44. The third-order valence-electron chi connectivity index (χ3n) is 5.78. The van der Waals surface area contributed by atoms with Crippen LogP contribution in [0.1, 0.15) is 13.3 Å². The van der Waals surface area contributed by atoms with Crippen LogP contribution in [-0.4, -0.2) is 63.7 Å². The molecule has 0 heterocycles. The van der Waals surface area contributed by atoms with E-state index in [4.69, 9.17) is 23.1 Å². The first-order valence-corrected chi connectivity index (χ1v) is 15.4. The summed E-state index contributed by atoms with van der Waals surface area (Å²) >= 11 is 6.30. The molecule has 0 bridgehead atoms. The molecule has 1 aliphatic carbocycles. The van der Waals surface area contributed by atoms with Gasteiger partial charge in [-0.1, -0.05) is 18.5 Å². The van der Waals surface area contributed by atoms with E-state index in [1.165, 1.54) is 24.3 Å². The summed E-state index contributed by atoms with van der Waals surface area (Å²) in [4.78, 5) is 25.7. The van der Waals surface area contributed by atoms with Crippen molar-refractivity contribution >= 4 is 66.2 Å². The van der Waals surface area contributed by atoms with Gasteiger partial charge in [0.15, 0.2) is 0 Å². The molecule has 14 nitrogen and oxygen atoms in total. The second-order valence-corrected chi connectivity index (χ2v) is 11.8. The zero-order valence-electron chi connectivity index (χ0n) is 21.7. The molecule has 222 valence electrons. The van der Waals surface area contributed by atoms with E-state index >= 15 is 0 Å². The lowest BCUT2D eigenvalue weighted by molar-refractivity contribution is -0.116. The molecule has 0 spiro atoms. The van der Waals surface area contributed by atoms with Crippen LogP contribution in [-0.2, 0) is 29.8 Å². The highest BCUT2D eigenvalue weighted by Crippen LogP contribution is 2.33. The van der Waals surface area contributed by atoms with Crippen LogP contribution in [0, 0.1) is 0 Å². The van der Waals surface area contributed by atoms with Crippen molar-refractivity contribution < 1.29 is 35.5 Å². The Balaban J connectivity index is 1.98. The topological polar surface area (TPSA) is 243 Å². The molecule has 0 fully saturated rings. The van der Waals surface area contributed by atoms with Gasteiger partial charge >= 0.3 is 0 Å². The van der Waals surface area contributed by atoms with Gasteiger partial charge in [-0.15, -0.1) is 0 Å². The number of nitrogens with two attached hydrogens (primary N) is 2. The van der Waals surface area contributed by atoms with E-state index < -0.39 is 46.6 Å². The first kappa shape index (κ1) is 32.0. The number of carbonyl (C=O) groups is 2. The summed E-state index contributed by atoms with van der Waals surface area (Å²) < 4.78 is 67.1. The predicted molar refractivity (Wildman–Crippen MR) is 155 cm³/mol. The van der Waals surface area contributed by atoms with Gasteiger partial charge in [0.05, 0.1) is 17.1 Å². The molecular weight excluding hydrogens is 600 g/mol. The second-order valence-electron chi connectivity index (χ2n) is 8.61. The summed E-state index contributed by atoms with van der Waals surface area (Å²) in [6, 6.07) is 7.66. The van der Waals surface area contributed by atoms with Gasteiger partial charge in [-0.2, -0.15) is 16.8 Å². The largest absolute Gasteiger partial charge is 0.383 e. The lowest BCUT2D eigenvalue weighted by Crippen LogP contribution is -2.29. The van der Waals surface area contributed by atoms with Crippen LogP contribution in [0.15, 0.2) is 68.2 Å². The Labute approximate surface area is 241 Å². The van der Waals surface area contributed by atoms with Crippen LogP contribution in [0.2, 0.25) is 0 Å². The van der Waals surface area contributed by atoms with Crippen LogP contribution in [0.25, 0.3) is 0 Å². The fourth-order valence-corrected chi connectivity index (χ4v) is 5.54. The van der Waals surface area contributed by atoms with Crippen molar-refractivity contribution in [2.75, 3.05) is 47.4 Å². The third kappa shape index (κ3) is 7.42. The Morgan fingerprint density at radius 2 is 1.20 bits per heavy atom. The van der Waals surface area contributed by atoms with E-state index in [1.54, 1.807) is 6.92 Å². The van der Waals surface area contributed by atoms with E-state index in [2.05, 4.69) is 21.3 Å². The van der Waals surface area contributed by atoms with Crippen LogP contribution in [0.4, 0.5) is 22.7 Å². The number of allylic oxidation sites excluding steroid dienone is 2. The van der Waals surface area contributed by atoms with E-state index in [0.29, 0.717) is 0 Å². The van der Waals surface area contributed by atoms with Gasteiger partial charge in [0.2, 0.25) is 11.6 Å². The quantitative estimate of drug-likeness (QED) is 0.116. The summed E-state index contributed by atoms with van der Waals surface area (Å²) in [6.07, 6.45) is 0.0573. The first-order chi connectivity index (χ1) is 19.2. The van der Waals surface area contributed by atoms with Gasteiger partial charge in [0.1, 0.15) is 20.5 Å². The molecule has 0 radical (unpaired) electrons. The van der Waals surface area contributed by atoms with E-state index in [9.17, 15) is 35.5 Å². The molecule has 2 aromatic carbocycles. The maximum atomic E-state index is 13.4. The zero-order valence-corrected chi connectivity index (χ0v) is 24.1. The average molecular weight is 629 g/mol. The number of Topliss-reactive ketones (excluding diaryl/α,β-unsaturated/α-hetero) is 2. The molecule has 0 aromatic heterocycles. The molecular formula is C24H29ClN6O8S2. The highest BCUT2D eigenvalue weighted by atomic mass is 35.5. The van der Waals surface area contributed by atoms with Crippen molar-refractivity contribution in [2.24, 2.45) is 11.5 Å². The zero-order chi connectivity index (χ0) is 30.5. The number of halogens is 1. The van der Waals surface area contributed by atoms with Crippen LogP contribution < -0.4 is 32.7 Å². The van der Waals surface area contributed by atoms with Crippen molar-refractivity contribution in [3.05, 3.63) is 58.4 Å². The Morgan fingerprint density at radius 1 is 0.756 bits per heavy atom. The van der Waals surface area contributed by atoms with E-state index in [0.717, 1.165) is 12.1 Å². The minimum absolute atomic E-state index is 0.00289. The summed E-state index contributed by atoms with van der Waals surface area (Å²) in [5, 5.41) is 10.4. The fraction of sp³-hybridized carbons (Fsp3) is 0.250. The highest BCUT2D eigenvalue weighted by Gasteiger charge is 2.34. The average Bonchev–Trinajstić information content (AvgIpc) is 2.91. The molecule has 2 aromatic rings. The molecule has 0 saturated heterocycles. The number of anilines is 4. The first-order valence-electron chi connectivity index (χ1n) is 12.1. The molecule has 0 unspecified atom stereocenters. The van der Waals surface area contributed by atoms with Crippen molar-refractivity contribution in [3.63, 3.8) is 0 Å². The highest BCUT2D eigenvalue weighted by molar-refractivity contribution is 7.86. The SMILES string of the molecule is CCC1=C(Nc2ccc(NCCN)c(S(=O)(=O)O)c2)C(=O)C(Cl)=C(Nc2ccc(NCCN)c(S(=O)(=O)O)c2)C1=O. The Kier molecular flexibility index (Phi) is 10.1. The van der Waals surface area contributed by atoms with Gasteiger partial charge in [-0.05, 0) is 42.8 Å². The lowest BCUT2D eigenvalue weighted by atomic mass is 9.94. The summed E-state index contributed by atoms with van der Waals surface area (Å²) in [5.74, 6) is -1.49. The predicted octanol–water partition coefficient (Wildman–Crippen LogP) is 1.71. The standard InChI is InChI=1S/C24H29ClN6O8S2/c1-2-15-21(30-13-3-5-16(28-9-7-26)18(11-13)40(34,35)36)24(33)20(25)22(23(15)32)31-14-4-6-17(29-10-8-27)19(12-14)41(37,38)39/h3-6,11-12,28-31H,2,7-10,26-27H2,1H3,(H,34,35,36)(H,37,38,39). The van der Waals surface area contributed by atoms with E-state index in [1.807, 2.05) is 0 Å². The van der Waals surface area contributed by atoms with E-state index in [-0.39, 0.29) is 72.3 Å². The number of rotatable bonds is 13. The minimum Gasteiger partial charge on any atom is -0.383 e. The molecule has 17 heteroatoms. The number of carbonyl (C=O) groups excluding carboxylic acids is 2.